The van der Waals surface area contributed by atoms with Gasteiger partial charge in [-0.25, -0.2) is 0 Å². The highest BCUT2D eigenvalue weighted by Gasteiger charge is 2.22. The van der Waals surface area contributed by atoms with Crippen LogP contribution in [-0.2, 0) is 0 Å². The molecule has 0 aliphatic carbocycles. The summed E-state index contributed by atoms with van der Waals surface area (Å²) >= 11 is 0. The lowest BCUT2D eigenvalue weighted by Crippen LogP contribution is -2.47. The van der Waals surface area contributed by atoms with E-state index in [2.05, 4.69) is 47.9 Å². The molecule has 0 amide bonds. The van der Waals surface area contributed by atoms with Gasteiger partial charge in [-0.15, -0.1) is 0 Å². The minimum Gasteiger partial charge on any atom is -0.369 e. The molecule has 3 nitrogen and oxygen atoms in total. The lowest BCUT2D eigenvalue weighted by molar-refractivity contribution is 0.230. The third-order valence-electron chi connectivity index (χ3n) is 4.64. The number of nitrogens with zero attached hydrogens (tertiary/aromatic N) is 3. The second kappa shape index (κ2) is 6.49. The summed E-state index contributed by atoms with van der Waals surface area (Å²) in [5, 5.41) is 9.09. The summed E-state index contributed by atoms with van der Waals surface area (Å²) in [5.41, 5.74) is 3.94. The van der Waals surface area contributed by atoms with E-state index in [4.69, 9.17) is 5.26 Å². The number of piperazine rings is 1. The number of aryl methyl sites for hydroxylation is 1. The van der Waals surface area contributed by atoms with E-state index in [-0.39, 0.29) is 5.41 Å². The largest absolute Gasteiger partial charge is 0.369 e. The Morgan fingerprint density at radius 1 is 1.14 bits per heavy atom. The fourth-order valence-corrected chi connectivity index (χ4v) is 2.78. The Bertz CT molecular complexity index is 520. The van der Waals surface area contributed by atoms with Crippen molar-refractivity contribution < 1.29 is 0 Å². The molecule has 1 aromatic carbocycles. The van der Waals surface area contributed by atoms with E-state index in [0.717, 1.165) is 39.1 Å². The molecule has 1 aromatic rings. The fraction of sp³-hybridized carbons (Fsp3) is 0.611. The molecule has 3 heteroatoms. The van der Waals surface area contributed by atoms with Crippen molar-refractivity contribution in [3.05, 3.63) is 29.3 Å². The highest BCUT2D eigenvalue weighted by Crippen LogP contribution is 2.24. The molecule has 0 spiro atoms. The number of nitriles is 1. The van der Waals surface area contributed by atoms with Crippen LogP contribution in [0.5, 0.6) is 0 Å². The quantitative estimate of drug-likeness (QED) is 0.849. The molecule has 0 N–H and O–H groups in total. The summed E-state index contributed by atoms with van der Waals surface area (Å²) in [4.78, 5) is 4.98. The molecule has 0 aromatic heterocycles. The van der Waals surface area contributed by atoms with Crippen molar-refractivity contribution >= 4 is 5.69 Å². The molecule has 1 saturated heterocycles. The molecule has 1 aliphatic rings. The van der Waals surface area contributed by atoms with E-state index in [9.17, 15) is 0 Å². The topological polar surface area (TPSA) is 30.3 Å². The van der Waals surface area contributed by atoms with Crippen molar-refractivity contribution in [2.24, 2.45) is 5.41 Å². The maximum Gasteiger partial charge on any atom is 0.0684 e. The van der Waals surface area contributed by atoms with Crippen molar-refractivity contribution in [2.45, 2.75) is 34.1 Å². The van der Waals surface area contributed by atoms with Crippen LogP contribution in [-0.4, -0.2) is 37.6 Å². The summed E-state index contributed by atoms with van der Waals surface area (Å²) in [5.74, 6) is 0. The minimum atomic E-state index is -0.204. The first-order valence-corrected chi connectivity index (χ1v) is 7.88. The van der Waals surface area contributed by atoms with Crippen LogP contribution >= 0.6 is 0 Å². The molecular formula is C18H27N3. The number of hydrogen-bond acceptors (Lipinski definition) is 3. The van der Waals surface area contributed by atoms with Crippen LogP contribution in [0.3, 0.4) is 0 Å². The van der Waals surface area contributed by atoms with E-state index in [1.165, 1.54) is 16.8 Å². The average Bonchev–Trinajstić information content (AvgIpc) is 2.49. The Morgan fingerprint density at radius 2 is 1.81 bits per heavy atom. The Labute approximate surface area is 129 Å². The molecule has 0 atom stereocenters. The van der Waals surface area contributed by atoms with Crippen LogP contribution in [0.4, 0.5) is 5.69 Å². The molecule has 0 saturated carbocycles. The lowest BCUT2D eigenvalue weighted by atomic mass is 9.91. The van der Waals surface area contributed by atoms with Gasteiger partial charge in [0, 0.05) is 31.9 Å². The Morgan fingerprint density at radius 3 is 2.43 bits per heavy atom. The van der Waals surface area contributed by atoms with Gasteiger partial charge in [-0.1, -0.05) is 12.1 Å². The minimum absolute atomic E-state index is 0.204. The summed E-state index contributed by atoms with van der Waals surface area (Å²) < 4.78 is 0. The average molecular weight is 285 g/mol. The fourth-order valence-electron chi connectivity index (χ4n) is 2.78. The molecule has 2 rings (SSSR count). The smallest absolute Gasteiger partial charge is 0.0684 e. The van der Waals surface area contributed by atoms with Crippen LogP contribution in [0.2, 0.25) is 0 Å². The van der Waals surface area contributed by atoms with Crippen molar-refractivity contribution in [1.82, 2.24) is 4.90 Å². The second-order valence-electron chi connectivity index (χ2n) is 6.79. The third kappa shape index (κ3) is 3.98. The first kappa shape index (κ1) is 15.9. The third-order valence-corrected chi connectivity index (χ3v) is 4.64. The predicted octanol–water partition coefficient (Wildman–Crippen LogP) is 3.37. The molecule has 1 heterocycles. The van der Waals surface area contributed by atoms with Crippen LogP contribution in [0.1, 0.15) is 31.4 Å². The Hall–Kier alpha value is -1.53. The lowest BCUT2D eigenvalue weighted by Gasteiger charge is -2.37. The Balaban J connectivity index is 1.89. The van der Waals surface area contributed by atoms with Gasteiger partial charge in [0.15, 0.2) is 0 Å². The van der Waals surface area contributed by atoms with Gasteiger partial charge in [0.05, 0.1) is 11.5 Å². The number of anilines is 1. The molecule has 0 unspecified atom stereocenters. The molecule has 0 radical (unpaired) electrons. The summed E-state index contributed by atoms with van der Waals surface area (Å²) in [6.07, 6.45) is 0.951. The maximum atomic E-state index is 9.09. The van der Waals surface area contributed by atoms with Gasteiger partial charge >= 0.3 is 0 Å². The SMILES string of the molecule is Cc1cccc(N2CCN(CCC(C)(C)C#N)CC2)c1C. The Kier molecular flexibility index (Phi) is 4.90. The van der Waals surface area contributed by atoms with Crippen LogP contribution in [0.15, 0.2) is 18.2 Å². The van der Waals surface area contributed by atoms with Gasteiger partial charge in [-0.2, -0.15) is 5.26 Å². The van der Waals surface area contributed by atoms with Crippen molar-refractivity contribution in [1.29, 1.82) is 5.26 Å². The van der Waals surface area contributed by atoms with E-state index < -0.39 is 0 Å². The van der Waals surface area contributed by atoms with Gasteiger partial charge in [0.2, 0.25) is 0 Å². The van der Waals surface area contributed by atoms with Gasteiger partial charge in [0.25, 0.3) is 0 Å². The summed E-state index contributed by atoms with van der Waals surface area (Å²) in [6.45, 7) is 13.8. The van der Waals surface area contributed by atoms with Gasteiger partial charge in [-0.05, 0) is 57.9 Å². The van der Waals surface area contributed by atoms with Gasteiger partial charge in [-0.3, -0.25) is 4.90 Å². The normalized spacial score (nSPS) is 16.8. The molecule has 1 aliphatic heterocycles. The number of hydrogen-bond donors (Lipinski definition) is 0. The second-order valence-corrected chi connectivity index (χ2v) is 6.79. The van der Waals surface area contributed by atoms with Crippen molar-refractivity contribution in [3.8, 4) is 6.07 Å². The predicted molar refractivity (Wildman–Crippen MR) is 88.6 cm³/mol. The van der Waals surface area contributed by atoms with E-state index in [1.807, 2.05) is 13.8 Å². The monoisotopic (exact) mass is 285 g/mol. The standard InChI is InChI=1S/C18H27N3/c1-15-6-5-7-17(16(15)2)21-12-10-20(11-13-21)9-8-18(3,4)14-19/h5-7H,8-13H2,1-4H3. The zero-order valence-corrected chi connectivity index (χ0v) is 13.8. The molecule has 1 fully saturated rings. The van der Waals surface area contributed by atoms with E-state index in [1.54, 1.807) is 0 Å². The van der Waals surface area contributed by atoms with Gasteiger partial charge < -0.3 is 4.90 Å². The summed E-state index contributed by atoms with van der Waals surface area (Å²) in [6, 6.07) is 8.96. The highest BCUT2D eigenvalue weighted by atomic mass is 15.3. The molecule has 0 bridgehead atoms. The maximum absolute atomic E-state index is 9.09. The first-order chi connectivity index (χ1) is 9.93. The van der Waals surface area contributed by atoms with Crippen molar-refractivity contribution in [3.63, 3.8) is 0 Å². The number of benzene rings is 1. The van der Waals surface area contributed by atoms with Crippen LogP contribution in [0, 0.1) is 30.6 Å². The van der Waals surface area contributed by atoms with Crippen molar-refractivity contribution in [2.75, 3.05) is 37.6 Å². The van der Waals surface area contributed by atoms with Gasteiger partial charge in [0.1, 0.15) is 0 Å². The first-order valence-electron chi connectivity index (χ1n) is 7.88. The molecule has 21 heavy (non-hydrogen) atoms. The zero-order valence-electron chi connectivity index (χ0n) is 13.8. The number of rotatable bonds is 4. The highest BCUT2D eigenvalue weighted by molar-refractivity contribution is 5.56. The van der Waals surface area contributed by atoms with E-state index in [0.29, 0.717) is 0 Å². The zero-order chi connectivity index (χ0) is 15.5. The molecular weight excluding hydrogens is 258 g/mol. The molecule has 114 valence electrons. The van der Waals surface area contributed by atoms with Crippen LogP contribution in [0.25, 0.3) is 0 Å². The summed E-state index contributed by atoms with van der Waals surface area (Å²) in [7, 11) is 0. The van der Waals surface area contributed by atoms with Crippen LogP contribution < -0.4 is 4.90 Å². The van der Waals surface area contributed by atoms with E-state index >= 15 is 0 Å².